The van der Waals surface area contributed by atoms with Gasteiger partial charge in [0.1, 0.15) is 6.33 Å². The van der Waals surface area contributed by atoms with Crippen LogP contribution in [0.4, 0.5) is 0 Å². The third kappa shape index (κ3) is 5.86. The first-order chi connectivity index (χ1) is 16.7. The van der Waals surface area contributed by atoms with Crippen LogP contribution in [-0.4, -0.2) is 80.1 Å². The molecule has 1 aliphatic heterocycles. The predicted octanol–water partition coefficient (Wildman–Crippen LogP) is 2.96. The number of piperazine rings is 1. The second kappa shape index (κ2) is 10.5. The van der Waals surface area contributed by atoms with Crippen molar-refractivity contribution in [2.24, 2.45) is 0 Å². The number of rotatable bonds is 6. The van der Waals surface area contributed by atoms with Gasteiger partial charge in [0.2, 0.25) is 5.91 Å². The van der Waals surface area contributed by atoms with Gasteiger partial charge in [0, 0.05) is 61.3 Å². The van der Waals surface area contributed by atoms with E-state index in [9.17, 15) is 9.59 Å². The first-order valence-corrected chi connectivity index (χ1v) is 12.0. The number of tetrazole rings is 1. The Balaban J connectivity index is 1.53. The fourth-order valence-electron chi connectivity index (χ4n) is 4.57. The van der Waals surface area contributed by atoms with Crippen molar-refractivity contribution in [2.75, 3.05) is 26.2 Å². The van der Waals surface area contributed by atoms with E-state index in [4.69, 9.17) is 11.6 Å². The minimum Gasteiger partial charge on any atom is -0.348 e. The zero-order valence-corrected chi connectivity index (χ0v) is 21.2. The highest BCUT2D eigenvalue weighted by Crippen LogP contribution is 2.31. The van der Waals surface area contributed by atoms with Crippen molar-refractivity contribution in [3.8, 4) is 16.8 Å². The molecule has 35 heavy (non-hydrogen) atoms. The Hall–Kier alpha value is -3.30. The number of nitrogens with one attached hydrogen (secondary N) is 1. The molecule has 0 saturated carbocycles. The Kier molecular flexibility index (Phi) is 7.47. The molecule has 1 fully saturated rings. The molecule has 184 valence electrons. The Morgan fingerprint density at radius 3 is 2.66 bits per heavy atom. The summed E-state index contributed by atoms with van der Waals surface area (Å²) in [6, 6.07) is 11.4. The third-order valence-corrected chi connectivity index (χ3v) is 6.57. The van der Waals surface area contributed by atoms with E-state index in [0.29, 0.717) is 29.4 Å². The number of amides is 2. The fraction of sp³-hybridized carbons (Fsp3) is 0.400. The maximum Gasteiger partial charge on any atom is 0.251 e. The first kappa shape index (κ1) is 24.8. The van der Waals surface area contributed by atoms with E-state index in [2.05, 4.69) is 32.7 Å². The number of carbonyl (C=O) groups is 2. The van der Waals surface area contributed by atoms with Crippen LogP contribution >= 0.6 is 11.6 Å². The normalized spacial score (nSPS) is 17.3. The number of halogens is 1. The number of benzene rings is 2. The molecule has 2 heterocycles. The van der Waals surface area contributed by atoms with Crippen LogP contribution in [0.25, 0.3) is 16.8 Å². The number of nitrogens with zero attached hydrogens (tertiary/aromatic N) is 6. The number of aromatic nitrogens is 4. The van der Waals surface area contributed by atoms with Gasteiger partial charge in [0.25, 0.3) is 5.91 Å². The zero-order chi connectivity index (χ0) is 25.1. The lowest BCUT2D eigenvalue weighted by molar-refractivity contribution is -0.133. The van der Waals surface area contributed by atoms with Crippen molar-refractivity contribution < 1.29 is 9.59 Å². The second-order valence-electron chi connectivity index (χ2n) is 9.20. The van der Waals surface area contributed by atoms with E-state index < -0.39 is 0 Å². The van der Waals surface area contributed by atoms with Crippen LogP contribution in [0.5, 0.6) is 0 Å². The number of hydrogen-bond donors (Lipinski definition) is 1. The molecule has 9 nitrogen and oxygen atoms in total. The van der Waals surface area contributed by atoms with E-state index >= 15 is 0 Å². The Morgan fingerprint density at radius 2 is 2.00 bits per heavy atom. The second-order valence-corrected chi connectivity index (χ2v) is 9.61. The maximum atomic E-state index is 13.3. The molecule has 0 aliphatic carbocycles. The van der Waals surface area contributed by atoms with Gasteiger partial charge in [-0.15, -0.1) is 5.10 Å². The summed E-state index contributed by atoms with van der Waals surface area (Å²) in [4.78, 5) is 29.2. The van der Waals surface area contributed by atoms with Crippen molar-refractivity contribution in [3.05, 3.63) is 58.9 Å². The van der Waals surface area contributed by atoms with Gasteiger partial charge in [0.15, 0.2) is 0 Å². The van der Waals surface area contributed by atoms with Crippen LogP contribution in [0.3, 0.4) is 0 Å². The molecule has 3 aromatic rings. The number of carbonyl (C=O) groups excluding carboxylic acids is 2. The minimum atomic E-state index is -0.188. The molecule has 2 unspecified atom stereocenters. The predicted molar refractivity (Wildman–Crippen MR) is 135 cm³/mol. The van der Waals surface area contributed by atoms with Crippen LogP contribution < -0.4 is 5.32 Å². The lowest BCUT2D eigenvalue weighted by atomic mass is 10.00. The van der Waals surface area contributed by atoms with E-state index in [-0.39, 0.29) is 23.9 Å². The van der Waals surface area contributed by atoms with Crippen LogP contribution in [0.1, 0.15) is 36.7 Å². The SMILES string of the molecule is CC(=O)N1CCN(CC(C)NC(=O)c2cc(-c3ccc(C)cc3Cl)cc(-n3cnnn3)c2)CC1C. The molecule has 2 aromatic carbocycles. The molecule has 4 rings (SSSR count). The van der Waals surface area contributed by atoms with Crippen LogP contribution in [0, 0.1) is 6.92 Å². The molecule has 1 N–H and O–H groups in total. The molecule has 0 radical (unpaired) electrons. The smallest absolute Gasteiger partial charge is 0.251 e. The summed E-state index contributed by atoms with van der Waals surface area (Å²) in [6.07, 6.45) is 1.49. The van der Waals surface area contributed by atoms with E-state index in [0.717, 1.165) is 29.8 Å². The largest absolute Gasteiger partial charge is 0.348 e. The highest BCUT2D eigenvalue weighted by molar-refractivity contribution is 6.33. The summed E-state index contributed by atoms with van der Waals surface area (Å²) in [7, 11) is 0. The lowest BCUT2D eigenvalue weighted by Crippen LogP contribution is -2.55. The minimum absolute atomic E-state index is 0.0818. The zero-order valence-electron chi connectivity index (χ0n) is 20.4. The van der Waals surface area contributed by atoms with Gasteiger partial charge in [0.05, 0.1) is 5.69 Å². The van der Waals surface area contributed by atoms with E-state index in [1.54, 1.807) is 13.0 Å². The van der Waals surface area contributed by atoms with Crippen molar-refractivity contribution >= 4 is 23.4 Å². The van der Waals surface area contributed by atoms with Gasteiger partial charge < -0.3 is 10.2 Å². The molecular weight excluding hydrogens is 466 g/mol. The molecule has 0 spiro atoms. The molecule has 0 bridgehead atoms. The molecule has 1 aromatic heterocycles. The van der Waals surface area contributed by atoms with Crippen molar-refractivity contribution in [3.63, 3.8) is 0 Å². The van der Waals surface area contributed by atoms with Gasteiger partial charge in [-0.3, -0.25) is 14.5 Å². The monoisotopic (exact) mass is 495 g/mol. The molecule has 1 saturated heterocycles. The highest BCUT2D eigenvalue weighted by atomic mass is 35.5. The van der Waals surface area contributed by atoms with Crippen LogP contribution in [0.2, 0.25) is 5.02 Å². The fourth-order valence-corrected chi connectivity index (χ4v) is 4.91. The number of hydrogen-bond acceptors (Lipinski definition) is 6. The quantitative estimate of drug-likeness (QED) is 0.564. The van der Waals surface area contributed by atoms with Gasteiger partial charge in [-0.25, -0.2) is 4.68 Å². The molecule has 10 heteroatoms. The molecular formula is C25H30ClN7O2. The standard InChI is InChI=1S/C25H30ClN7O2/c1-16-5-6-23(24(26)9-16)20-10-21(12-22(11-20)33-15-27-29-30-33)25(35)28-17(2)13-31-7-8-32(19(4)34)18(3)14-31/h5-6,9-12,15,17-18H,7-8,13-14H2,1-4H3,(H,28,35). The van der Waals surface area contributed by atoms with E-state index in [1.807, 2.05) is 49.1 Å². The van der Waals surface area contributed by atoms with Gasteiger partial charge in [-0.2, -0.15) is 0 Å². The Bertz CT molecular complexity index is 1210. The molecule has 2 amide bonds. The van der Waals surface area contributed by atoms with Gasteiger partial charge in [-0.1, -0.05) is 23.7 Å². The summed E-state index contributed by atoms with van der Waals surface area (Å²) >= 11 is 6.53. The van der Waals surface area contributed by atoms with Crippen molar-refractivity contribution in [2.45, 2.75) is 39.8 Å². The van der Waals surface area contributed by atoms with Crippen molar-refractivity contribution in [1.29, 1.82) is 0 Å². The van der Waals surface area contributed by atoms with Crippen LogP contribution in [0.15, 0.2) is 42.7 Å². The average Bonchev–Trinajstić information content (AvgIpc) is 3.33. The average molecular weight is 496 g/mol. The first-order valence-electron chi connectivity index (χ1n) is 11.7. The van der Waals surface area contributed by atoms with Crippen LogP contribution in [-0.2, 0) is 4.79 Å². The Labute approximate surface area is 210 Å². The topological polar surface area (TPSA) is 96.2 Å². The number of aryl methyl sites for hydroxylation is 1. The van der Waals surface area contributed by atoms with Gasteiger partial charge in [-0.05, 0) is 66.6 Å². The van der Waals surface area contributed by atoms with E-state index in [1.165, 1.54) is 11.0 Å². The molecule has 2 atom stereocenters. The van der Waals surface area contributed by atoms with Gasteiger partial charge >= 0.3 is 0 Å². The summed E-state index contributed by atoms with van der Waals surface area (Å²) in [6.45, 7) is 10.6. The molecule has 1 aliphatic rings. The Morgan fingerprint density at radius 1 is 1.20 bits per heavy atom. The summed E-state index contributed by atoms with van der Waals surface area (Å²) in [5.74, 6) is -0.0854. The summed E-state index contributed by atoms with van der Waals surface area (Å²) < 4.78 is 1.52. The highest BCUT2D eigenvalue weighted by Gasteiger charge is 2.26. The summed E-state index contributed by atoms with van der Waals surface area (Å²) in [5, 5.41) is 15.1. The third-order valence-electron chi connectivity index (χ3n) is 6.25. The summed E-state index contributed by atoms with van der Waals surface area (Å²) in [5.41, 5.74) is 3.84. The van der Waals surface area contributed by atoms with Crippen molar-refractivity contribution in [1.82, 2.24) is 35.3 Å². The lowest BCUT2D eigenvalue weighted by Gasteiger charge is -2.40. The maximum absolute atomic E-state index is 13.3.